The van der Waals surface area contributed by atoms with Crippen LogP contribution in [0.15, 0.2) is 53.4 Å². The van der Waals surface area contributed by atoms with E-state index in [0.717, 1.165) is 50.4 Å². The van der Waals surface area contributed by atoms with E-state index in [0.29, 0.717) is 25.1 Å². The minimum Gasteiger partial charge on any atom is -0.379 e. The number of carbonyl (C=O) groups excluding carboxylic acids is 1. The minimum absolute atomic E-state index is 0.0136. The van der Waals surface area contributed by atoms with Gasteiger partial charge in [-0.2, -0.15) is 0 Å². The summed E-state index contributed by atoms with van der Waals surface area (Å²) >= 11 is 0. The molecule has 2 N–H and O–H groups in total. The standard InChI is InChI=1S/C23H31N3O4S/c1-19-3-8-21(9-4-19)25-31(28,29)22-10-5-20(6-11-22)7-12-23(27)24-13-2-14-26-15-17-30-18-16-26/h3-6,8-11,25H,2,7,12-18H2,1H3,(H,24,27). The summed E-state index contributed by atoms with van der Waals surface area (Å²) < 4.78 is 33.0. The number of nitrogens with one attached hydrogen (secondary N) is 2. The van der Waals surface area contributed by atoms with Crippen LogP contribution in [0.5, 0.6) is 0 Å². The van der Waals surface area contributed by atoms with Crippen molar-refractivity contribution in [3.05, 3.63) is 59.7 Å². The van der Waals surface area contributed by atoms with Crippen LogP contribution in [0.3, 0.4) is 0 Å². The Kier molecular flexibility index (Phi) is 8.45. The average Bonchev–Trinajstić information content (AvgIpc) is 2.78. The van der Waals surface area contributed by atoms with Gasteiger partial charge in [-0.15, -0.1) is 0 Å². The summed E-state index contributed by atoms with van der Waals surface area (Å²) in [6.07, 6.45) is 1.87. The third-order valence-electron chi connectivity index (χ3n) is 5.26. The highest BCUT2D eigenvalue weighted by molar-refractivity contribution is 7.92. The zero-order valence-corrected chi connectivity index (χ0v) is 18.8. The van der Waals surface area contributed by atoms with Gasteiger partial charge in [0.15, 0.2) is 0 Å². The molecule has 8 heteroatoms. The second-order valence-corrected chi connectivity index (χ2v) is 9.46. The maximum atomic E-state index is 12.5. The maximum absolute atomic E-state index is 12.5. The van der Waals surface area contributed by atoms with Crippen molar-refractivity contribution in [1.82, 2.24) is 10.2 Å². The van der Waals surface area contributed by atoms with Crippen LogP contribution >= 0.6 is 0 Å². The molecule has 1 saturated heterocycles. The van der Waals surface area contributed by atoms with Crippen LogP contribution in [0.4, 0.5) is 5.69 Å². The molecule has 0 atom stereocenters. The van der Waals surface area contributed by atoms with Crippen molar-refractivity contribution >= 4 is 21.6 Å². The first kappa shape index (κ1) is 23.2. The number of aryl methyl sites for hydroxylation is 2. The van der Waals surface area contributed by atoms with E-state index < -0.39 is 10.0 Å². The van der Waals surface area contributed by atoms with Gasteiger partial charge in [0.1, 0.15) is 0 Å². The lowest BCUT2D eigenvalue weighted by molar-refractivity contribution is -0.121. The fourth-order valence-corrected chi connectivity index (χ4v) is 4.43. The van der Waals surface area contributed by atoms with E-state index in [1.807, 2.05) is 19.1 Å². The van der Waals surface area contributed by atoms with Crippen LogP contribution in [0, 0.1) is 6.92 Å². The Hall–Kier alpha value is -2.42. The lowest BCUT2D eigenvalue weighted by atomic mass is 10.1. The van der Waals surface area contributed by atoms with Gasteiger partial charge in [0, 0.05) is 31.7 Å². The number of hydrogen-bond acceptors (Lipinski definition) is 5. The van der Waals surface area contributed by atoms with Crippen molar-refractivity contribution < 1.29 is 17.9 Å². The van der Waals surface area contributed by atoms with Crippen molar-refractivity contribution in [1.29, 1.82) is 0 Å². The lowest BCUT2D eigenvalue weighted by Crippen LogP contribution is -2.38. The summed E-state index contributed by atoms with van der Waals surface area (Å²) in [5, 5.41) is 2.96. The molecule has 168 valence electrons. The van der Waals surface area contributed by atoms with E-state index in [9.17, 15) is 13.2 Å². The molecule has 1 amide bonds. The highest BCUT2D eigenvalue weighted by atomic mass is 32.2. The second-order valence-electron chi connectivity index (χ2n) is 7.77. The lowest BCUT2D eigenvalue weighted by Gasteiger charge is -2.26. The molecule has 1 aliphatic heterocycles. The number of carbonyl (C=O) groups is 1. The fraction of sp³-hybridized carbons (Fsp3) is 0.435. The first-order chi connectivity index (χ1) is 14.9. The van der Waals surface area contributed by atoms with Crippen LogP contribution in [0.25, 0.3) is 0 Å². The van der Waals surface area contributed by atoms with Gasteiger partial charge in [-0.1, -0.05) is 29.8 Å². The summed E-state index contributed by atoms with van der Waals surface area (Å²) in [5.74, 6) is 0.0136. The van der Waals surface area contributed by atoms with Crippen molar-refractivity contribution in [3.8, 4) is 0 Å². The molecule has 1 aliphatic rings. The number of hydrogen-bond donors (Lipinski definition) is 2. The molecule has 3 rings (SSSR count). The second kappa shape index (κ2) is 11.3. The highest BCUT2D eigenvalue weighted by Crippen LogP contribution is 2.17. The number of morpholine rings is 1. The summed E-state index contributed by atoms with van der Waals surface area (Å²) in [6, 6.07) is 13.9. The number of amides is 1. The Morgan fingerprint density at radius 2 is 1.71 bits per heavy atom. The molecule has 0 bridgehead atoms. The molecule has 2 aromatic rings. The third-order valence-corrected chi connectivity index (χ3v) is 6.65. The SMILES string of the molecule is Cc1ccc(NS(=O)(=O)c2ccc(CCC(=O)NCCCN3CCOCC3)cc2)cc1. The molecule has 0 saturated carbocycles. The molecule has 1 fully saturated rings. The quantitative estimate of drug-likeness (QED) is 0.549. The molecular formula is C23H31N3O4S. The van der Waals surface area contributed by atoms with Gasteiger partial charge in [0.25, 0.3) is 10.0 Å². The van der Waals surface area contributed by atoms with Gasteiger partial charge < -0.3 is 10.1 Å². The molecule has 0 aliphatic carbocycles. The topological polar surface area (TPSA) is 87.7 Å². The molecule has 1 heterocycles. The first-order valence-corrected chi connectivity index (χ1v) is 12.2. The van der Waals surface area contributed by atoms with Crippen LogP contribution in [0.1, 0.15) is 24.0 Å². The molecular weight excluding hydrogens is 414 g/mol. The van der Waals surface area contributed by atoms with Crippen LogP contribution < -0.4 is 10.0 Å². The van der Waals surface area contributed by atoms with Crippen LogP contribution in [0.2, 0.25) is 0 Å². The summed E-state index contributed by atoms with van der Waals surface area (Å²) in [6.45, 7) is 7.07. The maximum Gasteiger partial charge on any atom is 0.261 e. The normalized spacial score (nSPS) is 14.9. The number of benzene rings is 2. The third kappa shape index (κ3) is 7.65. The van der Waals surface area contributed by atoms with Gasteiger partial charge in [-0.05, 0) is 56.1 Å². The number of ether oxygens (including phenoxy) is 1. The van der Waals surface area contributed by atoms with Gasteiger partial charge in [-0.25, -0.2) is 8.42 Å². The molecule has 31 heavy (non-hydrogen) atoms. The van der Waals surface area contributed by atoms with Gasteiger partial charge in [0.2, 0.25) is 5.91 Å². The zero-order valence-electron chi connectivity index (χ0n) is 18.0. The van der Waals surface area contributed by atoms with E-state index in [4.69, 9.17) is 4.74 Å². The van der Waals surface area contributed by atoms with E-state index in [1.54, 1.807) is 36.4 Å². The highest BCUT2D eigenvalue weighted by Gasteiger charge is 2.14. The Labute approximate surface area is 184 Å². The molecule has 0 radical (unpaired) electrons. The molecule has 0 spiro atoms. The summed E-state index contributed by atoms with van der Waals surface area (Å²) in [4.78, 5) is 14.6. The van der Waals surface area contributed by atoms with E-state index >= 15 is 0 Å². The van der Waals surface area contributed by atoms with Crippen molar-refractivity contribution in [3.63, 3.8) is 0 Å². The van der Waals surface area contributed by atoms with Crippen LogP contribution in [-0.4, -0.2) is 58.6 Å². The number of sulfonamides is 1. The van der Waals surface area contributed by atoms with Crippen LogP contribution in [-0.2, 0) is 26.0 Å². The van der Waals surface area contributed by atoms with E-state index in [1.165, 1.54) is 0 Å². The Morgan fingerprint density at radius 3 is 2.39 bits per heavy atom. The first-order valence-electron chi connectivity index (χ1n) is 10.7. The zero-order chi connectivity index (χ0) is 22.1. The van der Waals surface area contributed by atoms with Gasteiger partial charge in [0.05, 0.1) is 18.1 Å². The Balaban J connectivity index is 1.40. The molecule has 0 aromatic heterocycles. The number of nitrogens with zero attached hydrogens (tertiary/aromatic N) is 1. The summed E-state index contributed by atoms with van der Waals surface area (Å²) in [5.41, 5.74) is 2.52. The fourth-order valence-electron chi connectivity index (χ4n) is 3.37. The largest absolute Gasteiger partial charge is 0.379 e. The molecule has 7 nitrogen and oxygen atoms in total. The summed E-state index contributed by atoms with van der Waals surface area (Å²) in [7, 11) is -3.64. The smallest absolute Gasteiger partial charge is 0.261 e. The predicted octanol–water partition coefficient (Wildman–Crippen LogP) is 2.57. The molecule has 2 aromatic carbocycles. The predicted molar refractivity (Wildman–Crippen MR) is 122 cm³/mol. The van der Waals surface area contributed by atoms with Gasteiger partial charge in [-0.3, -0.25) is 14.4 Å². The Morgan fingerprint density at radius 1 is 1.03 bits per heavy atom. The Bertz CT molecular complexity index is 938. The van der Waals surface area contributed by atoms with Crippen molar-refractivity contribution in [2.75, 3.05) is 44.1 Å². The monoisotopic (exact) mass is 445 g/mol. The van der Waals surface area contributed by atoms with Gasteiger partial charge >= 0.3 is 0 Å². The van der Waals surface area contributed by atoms with Crippen molar-refractivity contribution in [2.45, 2.75) is 31.1 Å². The number of rotatable bonds is 10. The van der Waals surface area contributed by atoms with E-state index in [2.05, 4.69) is 14.9 Å². The van der Waals surface area contributed by atoms with E-state index in [-0.39, 0.29) is 10.8 Å². The molecule has 0 unspecified atom stereocenters. The van der Waals surface area contributed by atoms with Crippen molar-refractivity contribution in [2.24, 2.45) is 0 Å². The minimum atomic E-state index is -3.64. The number of anilines is 1. The average molecular weight is 446 g/mol.